The predicted octanol–water partition coefficient (Wildman–Crippen LogP) is 2.31. The lowest BCUT2D eigenvalue weighted by Crippen LogP contribution is -2.44. The molecular formula is C17H13NO3. The van der Waals surface area contributed by atoms with Crippen LogP contribution in [0.4, 0.5) is 0 Å². The van der Waals surface area contributed by atoms with Crippen molar-refractivity contribution in [3.63, 3.8) is 0 Å². The Kier molecular flexibility index (Phi) is 2.57. The van der Waals surface area contributed by atoms with E-state index in [1.807, 2.05) is 48.5 Å². The Hall–Kier alpha value is -2.62. The Balaban J connectivity index is 1.80. The van der Waals surface area contributed by atoms with Crippen molar-refractivity contribution in [3.05, 3.63) is 71.3 Å². The maximum atomic E-state index is 12.7. The van der Waals surface area contributed by atoms with Crippen molar-refractivity contribution in [1.29, 1.82) is 0 Å². The molecular weight excluding hydrogens is 266 g/mol. The molecule has 2 aliphatic heterocycles. The van der Waals surface area contributed by atoms with Gasteiger partial charge in [-0.15, -0.1) is 0 Å². The fourth-order valence-corrected chi connectivity index (χ4v) is 3.05. The van der Waals surface area contributed by atoms with Crippen molar-refractivity contribution in [2.45, 2.75) is 18.7 Å². The van der Waals surface area contributed by atoms with E-state index in [-0.39, 0.29) is 11.9 Å². The van der Waals surface area contributed by atoms with Gasteiger partial charge in [-0.2, -0.15) is 0 Å². The minimum Gasteiger partial charge on any atom is -0.435 e. The molecule has 2 aromatic carbocycles. The Morgan fingerprint density at radius 1 is 0.952 bits per heavy atom. The summed E-state index contributed by atoms with van der Waals surface area (Å²) in [6, 6.07) is 16.3. The Bertz CT molecular complexity index is 726. The van der Waals surface area contributed by atoms with Gasteiger partial charge in [-0.05, 0) is 11.6 Å². The summed E-state index contributed by atoms with van der Waals surface area (Å²) < 4.78 is 5.46. The van der Waals surface area contributed by atoms with Crippen LogP contribution in [0.25, 0.3) is 0 Å². The van der Waals surface area contributed by atoms with Gasteiger partial charge < -0.3 is 4.74 Å². The lowest BCUT2D eigenvalue weighted by molar-refractivity contribution is -0.142. The molecule has 0 aromatic heterocycles. The molecule has 2 atom stereocenters. The van der Waals surface area contributed by atoms with Crippen molar-refractivity contribution in [3.8, 4) is 0 Å². The molecule has 2 aromatic rings. The number of benzene rings is 2. The van der Waals surface area contributed by atoms with Crippen LogP contribution in [-0.2, 0) is 16.0 Å². The lowest BCUT2D eigenvalue weighted by Gasteiger charge is -2.31. The number of cyclic esters (lactones) is 1. The molecule has 4 heteroatoms. The van der Waals surface area contributed by atoms with Gasteiger partial charge in [-0.3, -0.25) is 9.69 Å². The largest absolute Gasteiger partial charge is 0.435 e. The normalized spacial score (nSPS) is 23.5. The van der Waals surface area contributed by atoms with Gasteiger partial charge in [0.15, 0.2) is 0 Å². The zero-order valence-electron chi connectivity index (χ0n) is 11.2. The average Bonchev–Trinajstić information content (AvgIpc) is 2.86. The third-order valence-electron chi connectivity index (χ3n) is 4.07. The van der Waals surface area contributed by atoms with Gasteiger partial charge >= 0.3 is 5.97 Å². The maximum Gasteiger partial charge on any atom is 0.331 e. The number of ether oxygens (including phenoxy) is 1. The van der Waals surface area contributed by atoms with Gasteiger partial charge in [0.25, 0.3) is 5.91 Å². The first-order valence-corrected chi connectivity index (χ1v) is 6.92. The Labute approximate surface area is 121 Å². The number of carbonyl (C=O) groups is 2. The van der Waals surface area contributed by atoms with Gasteiger partial charge in [0.1, 0.15) is 6.04 Å². The summed E-state index contributed by atoms with van der Waals surface area (Å²) in [7, 11) is 0. The van der Waals surface area contributed by atoms with Crippen molar-refractivity contribution in [1.82, 2.24) is 4.90 Å². The van der Waals surface area contributed by atoms with Gasteiger partial charge in [0.2, 0.25) is 6.23 Å². The molecule has 1 amide bonds. The quantitative estimate of drug-likeness (QED) is 0.753. The van der Waals surface area contributed by atoms with Crippen LogP contribution in [0.15, 0.2) is 54.6 Å². The van der Waals surface area contributed by atoms with Crippen LogP contribution in [0.1, 0.15) is 27.7 Å². The summed E-state index contributed by atoms with van der Waals surface area (Å²) in [5.41, 5.74) is 2.39. The van der Waals surface area contributed by atoms with Crippen LogP contribution < -0.4 is 0 Å². The van der Waals surface area contributed by atoms with Gasteiger partial charge in [0.05, 0.1) is 0 Å². The molecule has 21 heavy (non-hydrogen) atoms. The lowest BCUT2D eigenvalue weighted by atomic mass is 9.93. The molecule has 0 spiro atoms. The van der Waals surface area contributed by atoms with Crippen molar-refractivity contribution >= 4 is 11.9 Å². The second-order valence-electron chi connectivity index (χ2n) is 5.29. The van der Waals surface area contributed by atoms with Crippen LogP contribution >= 0.6 is 0 Å². The van der Waals surface area contributed by atoms with E-state index >= 15 is 0 Å². The fraction of sp³-hybridized carbons (Fsp3) is 0.176. The second-order valence-corrected chi connectivity index (χ2v) is 5.29. The molecule has 4 nitrogen and oxygen atoms in total. The number of nitrogens with zero attached hydrogens (tertiary/aromatic N) is 1. The summed E-state index contributed by atoms with van der Waals surface area (Å²) in [4.78, 5) is 26.4. The summed E-state index contributed by atoms with van der Waals surface area (Å²) in [5, 5.41) is 0. The highest BCUT2D eigenvalue weighted by Crippen LogP contribution is 2.37. The molecule has 104 valence electrons. The Morgan fingerprint density at radius 2 is 1.67 bits per heavy atom. The van der Waals surface area contributed by atoms with Gasteiger partial charge in [-0.25, -0.2) is 4.79 Å². The molecule has 1 fully saturated rings. The number of amides is 1. The molecule has 2 heterocycles. The first-order chi connectivity index (χ1) is 10.3. The molecule has 0 unspecified atom stereocenters. The maximum absolute atomic E-state index is 12.7. The zero-order chi connectivity index (χ0) is 14.4. The van der Waals surface area contributed by atoms with E-state index in [0.29, 0.717) is 12.0 Å². The van der Waals surface area contributed by atoms with Crippen LogP contribution in [0, 0.1) is 0 Å². The number of hydrogen-bond donors (Lipinski definition) is 0. The van der Waals surface area contributed by atoms with E-state index in [1.54, 1.807) is 11.0 Å². The molecule has 0 N–H and O–H groups in total. The second kappa shape index (κ2) is 4.45. The first-order valence-electron chi connectivity index (χ1n) is 6.92. The van der Waals surface area contributed by atoms with Gasteiger partial charge in [-0.1, -0.05) is 48.5 Å². The number of carbonyl (C=O) groups excluding carboxylic acids is 2. The zero-order valence-corrected chi connectivity index (χ0v) is 11.2. The molecule has 0 bridgehead atoms. The molecule has 2 aliphatic rings. The molecule has 0 radical (unpaired) electrons. The third kappa shape index (κ3) is 1.76. The van der Waals surface area contributed by atoms with E-state index < -0.39 is 12.3 Å². The smallest absolute Gasteiger partial charge is 0.331 e. The summed E-state index contributed by atoms with van der Waals surface area (Å²) in [6.07, 6.45) is -0.103. The molecule has 0 saturated carbocycles. The topological polar surface area (TPSA) is 46.6 Å². The minimum absolute atomic E-state index is 0.137. The molecule has 0 aliphatic carbocycles. The van der Waals surface area contributed by atoms with E-state index in [2.05, 4.69) is 0 Å². The highest BCUT2D eigenvalue weighted by molar-refractivity contribution is 6.01. The van der Waals surface area contributed by atoms with E-state index in [0.717, 1.165) is 11.1 Å². The van der Waals surface area contributed by atoms with Crippen molar-refractivity contribution in [2.75, 3.05) is 0 Å². The predicted molar refractivity (Wildman–Crippen MR) is 75.4 cm³/mol. The summed E-state index contributed by atoms with van der Waals surface area (Å²) in [6.45, 7) is 0. The Morgan fingerprint density at radius 3 is 2.48 bits per heavy atom. The van der Waals surface area contributed by atoms with Crippen LogP contribution in [0.5, 0.6) is 0 Å². The number of fused-ring (bicyclic) bond motifs is 2. The molecule has 4 rings (SSSR count). The number of hydrogen-bond acceptors (Lipinski definition) is 3. The van der Waals surface area contributed by atoms with Gasteiger partial charge in [0, 0.05) is 17.5 Å². The SMILES string of the molecule is O=C1O[C@H](c2ccccc2)N2C(=O)c3ccccc3C[C@@H]12. The first kappa shape index (κ1) is 12.1. The summed E-state index contributed by atoms with van der Waals surface area (Å²) in [5.74, 6) is -0.465. The number of rotatable bonds is 1. The van der Waals surface area contributed by atoms with E-state index in [1.165, 1.54) is 0 Å². The third-order valence-corrected chi connectivity index (χ3v) is 4.07. The van der Waals surface area contributed by atoms with Crippen molar-refractivity contribution in [2.24, 2.45) is 0 Å². The highest BCUT2D eigenvalue weighted by Gasteiger charge is 2.48. The molecule has 1 saturated heterocycles. The standard InChI is InChI=1S/C17H13NO3/c19-15-13-9-5-4-8-12(13)10-14-17(20)21-16(18(14)15)11-6-2-1-3-7-11/h1-9,14,16H,10H2/t14-,16+/m0/s1. The monoisotopic (exact) mass is 279 g/mol. The van der Waals surface area contributed by atoms with E-state index in [4.69, 9.17) is 4.74 Å². The average molecular weight is 279 g/mol. The fourth-order valence-electron chi connectivity index (χ4n) is 3.05. The van der Waals surface area contributed by atoms with Crippen LogP contribution in [0.2, 0.25) is 0 Å². The summed E-state index contributed by atoms with van der Waals surface area (Å²) >= 11 is 0. The van der Waals surface area contributed by atoms with Crippen LogP contribution in [-0.4, -0.2) is 22.8 Å². The number of esters is 1. The van der Waals surface area contributed by atoms with E-state index in [9.17, 15) is 9.59 Å². The minimum atomic E-state index is -0.621. The van der Waals surface area contributed by atoms with Crippen LogP contribution in [0.3, 0.4) is 0 Å². The highest BCUT2D eigenvalue weighted by atomic mass is 16.6. The van der Waals surface area contributed by atoms with Crippen molar-refractivity contribution < 1.29 is 14.3 Å².